The number of rotatable bonds is 6. The standard InChI is InChI=1S/C22H22N2O2/c1-16(23-15-19-10-5-6-13-21(19)25)18-11-7-12-20(14-18)24-22(26)17-8-3-2-4-9-17/h2-14,16,23,25H,15H2,1H3,(H,24,26)/t16-/m0/s1. The maximum Gasteiger partial charge on any atom is 0.255 e. The number of hydrogen-bond donors (Lipinski definition) is 3. The number of carbonyl (C=O) groups is 1. The fourth-order valence-corrected chi connectivity index (χ4v) is 2.72. The highest BCUT2D eigenvalue weighted by Crippen LogP contribution is 2.20. The molecular weight excluding hydrogens is 324 g/mol. The van der Waals surface area contributed by atoms with Crippen LogP contribution in [0.4, 0.5) is 5.69 Å². The minimum absolute atomic E-state index is 0.0724. The van der Waals surface area contributed by atoms with E-state index in [1.54, 1.807) is 24.3 Å². The van der Waals surface area contributed by atoms with Crippen molar-refractivity contribution in [2.24, 2.45) is 0 Å². The monoisotopic (exact) mass is 346 g/mol. The quantitative estimate of drug-likeness (QED) is 0.616. The minimum atomic E-state index is -0.127. The van der Waals surface area contributed by atoms with Gasteiger partial charge in [0.25, 0.3) is 5.91 Å². The molecule has 0 aliphatic rings. The van der Waals surface area contributed by atoms with E-state index in [1.807, 2.05) is 54.6 Å². The lowest BCUT2D eigenvalue weighted by Gasteiger charge is -2.16. The Balaban J connectivity index is 1.65. The van der Waals surface area contributed by atoms with Gasteiger partial charge in [-0.1, -0.05) is 48.5 Å². The van der Waals surface area contributed by atoms with Gasteiger partial charge in [0.05, 0.1) is 0 Å². The van der Waals surface area contributed by atoms with Gasteiger partial charge >= 0.3 is 0 Å². The molecule has 0 fully saturated rings. The smallest absolute Gasteiger partial charge is 0.255 e. The molecule has 1 amide bonds. The van der Waals surface area contributed by atoms with Crippen molar-refractivity contribution in [1.82, 2.24) is 5.32 Å². The third-order valence-electron chi connectivity index (χ3n) is 4.27. The minimum Gasteiger partial charge on any atom is -0.508 e. The van der Waals surface area contributed by atoms with E-state index in [4.69, 9.17) is 0 Å². The first-order chi connectivity index (χ1) is 12.6. The van der Waals surface area contributed by atoms with Crippen LogP contribution in [0.1, 0.15) is 34.5 Å². The van der Waals surface area contributed by atoms with Gasteiger partial charge in [-0.05, 0) is 42.8 Å². The zero-order valence-electron chi connectivity index (χ0n) is 14.6. The lowest BCUT2D eigenvalue weighted by Crippen LogP contribution is -2.18. The maximum absolute atomic E-state index is 12.3. The Morgan fingerprint density at radius 2 is 1.69 bits per heavy atom. The summed E-state index contributed by atoms with van der Waals surface area (Å²) in [4.78, 5) is 12.3. The summed E-state index contributed by atoms with van der Waals surface area (Å²) in [5.41, 5.74) is 3.30. The van der Waals surface area contributed by atoms with Gasteiger partial charge in [-0.2, -0.15) is 0 Å². The summed E-state index contributed by atoms with van der Waals surface area (Å²) in [6, 6.07) is 24.3. The van der Waals surface area contributed by atoms with Crippen LogP contribution in [0.25, 0.3) is 0 Å². The Labute approximate surface area is 153 Å². The van der Waals surface area contributed by atoms with Gasteiger partial charge in [-0.15, -0.1) is 0 Å². The first-order valence-corrected chi connectivity index (χ1v) is 8.60. The molecule has 3 aromatic carbocycles. The zero-order valence-corrected chi connectivity index (χ0v) is 14.6. The van der Waals surface area contributed by atoms with Crippen molar-refractivity contribution < 1.29 is 9.90 Å². The molecule has 132 valence electrons. The van der Waals surface area contributed by atoms with Crippen LogP contribution in [-0.2, 0) is 6.54 Å². The summed E-state index contributed by atoms with van der Waals surface area (Å²) in [6.07, 6.45) is 0. The van der Waals surface area contributed by atoms with Crippen LogP contribution in [0.5, 0.6) is 5.75 Å². The number of nitrogens with one attached hydrogen (secondary N) is 2. The highest BCUT2D eigenvalue weighted by molar-refractivity contribution is 6.04. The number of anilines is 1. The number of hydrogen-bond acceptors (Lipinski definition) is 3. The van der Waals surface area contributed by atoms with Crippen LogP contribution in [0.3, 0.4) is 0 Å². The Bertz CT molecular complexity index is 878. The summed E-state index contributed by atoms with van der Waals surface area (Å²) in [5.74, 6) is 0.161. The highest BCUT2D eigenvalue weighted by Gasteiger charge is 2.09. The van der Waals surface area contributed by atoms with E-state index >= 15 is 0 Å². The number of aromatic hydroxyl groups is 1. The van der Waals surface area contributed by atoms with E-state index < -0.39 is 0 Å². The summed E-state index contributed by atoms with van der Waals surface area (Å²) in [7, 11) is 0. The predicted octanol–water partition coefficient (Wildman–Crippen LogP) is 4.50. The SMILES string of the molecule is C[C@H](NCc1ccccc1O)c1cccc(NC(=O)c2ccccc2)c1. The highest BCUT2D eigenvalue weighted by atomic mass is 16.3. The van der Waals surface area contributed by atoms with Crippen molar-refractivity contribution >= 4 is 11.6 Å². The summed E-state index contributed by atoms with van der Waals surface area (Å²) < 4.78 is 0. The molecule has 0 bridgehead atoms. The van der Waals surface area contributed by atoms with Crippen molar-refractivity contribution in [2.45, 2.75) is 19.5 Å². The van der Waals surface area contributed by atoms with Crippen molar-refractivity contribution in [1.29, 1.82) is 0 Å². The fraction of sp³-hybridized carbons (Fsp3) is 0.136. The van der Waals surface area contributed by atoms with Gasteiger partial charge in [0.1, 0.15) is 5.75 Å². The molecule has 0 saturated heterocycles. The number of phenols is 1. The molecular formula is C22H22N2O2. The molecule has 0 radical (unpaired) electrons. The molecule has 3 aromatic rings. The number of para-hydroxylation sites is 1. The number of carbonyl (C=O) groups excluding carboxylic acids is 1. The molecule has 0 saturated carbocycles. The Kier molecular flexibility index (Phi) is 5.66. The maximum atomic E-state index is 12.3. The van der Waals surface area contributed by atoms with Crippen LogP contribution >= 0.6 is 0 Å². The average molecular weight is 346 g/mol. The van der Waals surface area contributed by atoms with E-state index in [0.29, 0.717) is 12.1 Å². The van der Waals surface area contributed by atoms with Gasteiger partial charge in [0.2, 0.25) is 0 Å². The van der Waals surface area contributed by atoms with E-state index in [2.05, 4.69) is 17.6 Å². The third-order valence-corrected chi connectivity index (χ3v) is 4.27. The lowest BCUT2D eigenvalue weighted by atomic mass is 10.1. The van der Waals surface area contributed by atoms with E-state index in [0.717, 1.165) is 16.8 Å². The molecule has 4 nitrogen and oxygen atoms in total. The van der Waals surface area contributed by atoms with Gasteiger partial charge in [-0.3, -0.25) is 4.79 Å². The van der Waals surface area contributed by atoms with Crippen LogP contribution in [-0.4, -0.2) is 11.0 Å². The summed E-state index contributed by atoms with van der Waals surface area (Å²) >= 11 is 0. The molecule has 0 aliphatic heterocycles. The van der Waals surface area contributed by atoms with Gasteiger partial charge < -0.3 is 15.7 Å². The molecule has 0 unspecified atom stereocenters. The van der Waals surface area contributed by atoms with Crippen molar-refractivity contribution in [3.63, 3.8) is 0 Å². The topological polar surface area (TPSA) is 61.4 Å². The third kappa shape index (κ3) is 4.49. The van der Waals surface area contributed by atoms with Crippen LogP contribution in [0.15, 0.2) is 78.9 Å². The molecule has 0 aromatic heterocycles. The molecule has 0 aliphatic carbocycles. The summed E-state index contributed by atoms with van der Waals surface area (Å²) in [5, 5.41) is 16.2. The first-order valence-electron chi connectivity index (χ1n) is 8.60. The van der Waals surface area contributed by atoms with Crippen molar-refractivity contribution in [2.75, 3.05) is 5.32 Å². The second-order valence-electron chi connectivity index (χ2n) is 6.18. The number of benzene rings is 3. The number of phenolic OH excluding ortho intramolecular Hbond substituents is 1. The Morgan fingerprint density at radius 1 is 0.962 bits per heavy atom. The second-order valence-corrected chi connectivity index (χ2v) is 6.18. The Hall–Kier alpha value is -3.11. The van der Waals surface area contributed by atoms with Crippen molar-refractivity contribution in [3.8, 4) is 5.75 Å². The molecule has 1 atom stereocenters. The van der Waals surface area contributed by atoms with Gasteiger partial charge in [0, 0.05) is 29.4 Å². The van der Waals surface area contributed by atoms with Crippen LogP contribution < -0.4 is 10.6 Å². The largest absolute Gasteiger partial charge is 0.508 e. The molecule has 3 N–H and O–H groups in total. The first kappa shape index (κ1) is 17.7. The van der Waals surface area contributed by atoms with E-state index in [1.165, 1.54) is 0 Å². The summed E-state index contributed by atoms with van der Waals surface area (Å²) in [6.45, 7) is 2.62. The molecule has 0 spiro atoms. The van der Waals surface area contributed by atoms with Gasteiger partial charge in [0.15, 0.2) is 0 Å². The number of amides is 1. The van der Waals surface area contributed by atoms with Crippen LogP contribution in [0.2, 0.25) is 0 Å². The molecule has 4 heteroatoms. The molecule has 0 heterocycles. The fourth-order valence-electron chi connectivity index (χ4n) is 2.72. The predicted molar refractivity (Wildman–Crippen MR) is 104 cm³/mol. The lowest BCUT2D eigenvalue weighted by molar-refractivity contribution is 0.102. The molecule has 26 heavy (non-hydrogen) atoms. The van der Waals surface area contributed by atoms with E-state index in [9.17, 15) is 9.90 Å². The molecule has 3 rings (SSSR count). The Morgan fingerprint density at radius 3 is 2.46 bits per heavy atom. The average Bonchev–Trinajstić information content (AvgIpc) is 2.68. The zero-order chi connectivity index (χ0) is 18.4. The van der Waals surface area contributed by atoms with E-state index in [-0.39, 0.29) is 17.7 Å². The normalized spacial score (nSPS) is 11.7. The van der Waals surface area contributed by atoms with Crippen LogP contribution in [0, 0.1) is 0 Å². The second kappa shape index (κ2) is 8.32. The van der Waals surface area contributed by atoms with Crippen molar-refractivity contribution in [3.05, 3.63) is 95.6 Å². The van der Waals surface area contributed by atoms with Gasteiger partial charge in [-0.25, -0.2) is 0 Å².